The molecule has 2 rings (SSSR count). The zero-order chi connectivity index (χ0) is 11.5. The quantitative estimate of drug-likeness (QED) is 0.856. The van der Waals surface area contributed by atoms with Crippen LogP contribution in [0, 0.1) is 0 Å². The lowest BCUT2D eigenvalue weighted by Crippen LogP contribution is -1.99. The smallest absolute Gasteiger partial charge is 0.234 e. The highest BCUT2D eigenvalue weighted by molar-refractivity contribution is 5.65. The standard InChI is InChI=1S/C13H16N2O/c1-3-11-12(10-8-6-5-7-9-10)15(4-2)14-13(11)16/h5-9H,3-4H2,1-2H3,(H,14,16). The number of aromatic nitrogens is 2. The Morgan fingerprint density at radius 2 is 1.88 bits per heavy atom. The van der Waals surface area contributed by atoms with E-state index in [0.717, 1.165) is 29.8 Å². The topological polar surface area (TPSA) is 38.1 Å². The zero-order valence-electron chi connectivity index (χ0n) is 9.64. The molecule has 0 bridgehead atoms. The Morgan fingerprint density at radius 1 is 1.19 bits per heavy atom. The summed E-state index contributed by atoms with van der Waals surface area (Å²) in [5.74, 6) is 0.156. The van der Waals surface area contributed by atoms with Gasteiger partial charge in [-0.05, 0) is 13.3 Å². The summed E-state index contributed by atoms with van der Waals surface area (Å²) in [7, 11) is 0. The van der Waals surface area contributed by atoms with Crippen molar-refractivity contribution in [1.82, 2.24) is 9.78 Å². The summed E-state index contributed by atoms with van der Waals surface area (Å²) in [5.41, 5.74) is 3.06. The Kier molecular flexibility index (Phi) is 2.95. The van der Waals surface area contributed by atoms with E-state index >= 15 is 0 Å². The van der Waals surface area contributed by atoms with E-state index in [1.54, 1.807) is 0 Å². The van der Waals surface area contributed by atoms with Crippen LogP contribution in [0.1, 0.15) is 19.4 Å². The van der Waals surface area contributed by atoms with Crippen molar-refractivity contribution in [2.75, 3.05) is 0 Å². The lowest BCUT2D eigenvalue weighted by Gasteiger charge is -2.06. The van der Waals surface area contributed by atoms with E-state index in [-0.39, 0.29) is 5.88 Å². The third-order valence-electron chi connectivity index (χ3n) is 2.73. The van der Waals surface area contributed by atoms with Crippen LogP contribution in [-0.4, -0.2) is 14.9 Å². The van der Waals surface area contributed by atoms with Gasteiger partial charge in [0.1, 0.15) is 0 Å². The highest BCUT2D eigenvalue weighted by Gasteiger charge is 2.15. The van der Waals surface area contributed by atoms with Crippen LogP contribution in [0.25, 0.3) is 11.3 Å². The summed E-state index contributed by atoms with van der Waals surface area (Å²) in [6.07, 6.45) is 0.788. The average molecular weight is 216 g/mol. The lowest BCUT2D eigenvalue weighted by atomic mass is 10.1. The molecular weight excluding hydrogens is 200 g/mol. The lowest BCUT2D eigenvalue weighted by molar-refractivity contribution is 0.435. The first-order valence-electron chi connectivity index (χ1n) is 5.62. The SMILES string of the molecule is CCc1c(O)nn(CC)c1-c1ccccc1. The molecule has 0 aliphatic rings. The average Bonchev–Trinajstić information content (AvgIpc) is 2.66. The van der Waals surface area contributed by atoms with Crippen molar-refractivity contribution in [2.24, 2.45) is 0 Å². The van der Waals surface area contributed by atoms with Crippen LogP contribution in [-0.2, 0) is 13.0 Å². The van der Waals surface area contributed by atoms with Crippen LogP contribution < -0.4 is 0 Å². The molecule has 0 aliphatic heterocycles. The van der Waals surface area contributed by atoms with Crippen LogP contribution >= 0.6 is 0 Å². The normalized spacial score (nSPS) is 10.6. The molecule has 1 heterocycles. The van der Waals surface area contributed by atoms with E-state index in [2.05, 4.69) is 5.10 Å². The summed E-state index contributed by atoms with van der Waals surface area (Å²) in [4.78, 5) is 0. The fourth-order valence-corrected chi connectivity index (χ4v) is 1.96. The Bertz CT molecular complexity index is 474. The fraction of sp³-hybridized carbons (Fsp3) is 0.308. The number of aromatic hydroxyl groups is 1. The van der Waals surface area contributed by atoms with E-state index in [4.69, 9.17) is 0 Å². The van der Waals surface area contributed by atoms with Crippen molar-refractivity contribution in [3.63, 3.8) is 0 Å². The van der Waals surface area contributed by atoms with Gasteiger partial charge in [0.15, 0.2) is 0 Å². The molecule has 3 nitrogen and oxygen atoms in total. The number of nitrogens with zero attached hydrogens (tertiary/aromatic N) is 2. The molecule has 0 radical (unpaired) electrons. The van der Waals surface area contributed by atoms with Crippen LogP contribution in [0.5, 0.6) is 5.88 Å². The van der Waals surface area contributed by atoms with Gasteiger partial charge in [-0.15, -0.1) is 5.10 Å². The second-order valence-corrected chi connectivity index (χ2v) is 3.69. The Hall–Kier alpha value is -1.77. The minimum absolute atomic E-state index is 0.156. The molecule has 3 heteroatoms. The van der Waals surface area contributed by atoms with Gasteiger partial charge >= 0.3 is 0 Å². The maximum Gasteiger partial charge on any atom is 0.234 e. The number of aryl methyl sites for hydroxylation is 1. The molecule has 2 aromatic rings. The summed E-state index contributed by atoms with van der Waals surface area (Å²) < 4.78 is 1.85. The maximum atomic E-state index is 9.77. The van der Waals surface area contributed by atoms with Gasteiger partial charge in [0.2, 0.25) is 5.88 Å². The van der Waals surface area contributed by atoms with E-state index < -0.39 is 0 Å². The largest absolute Gasteiger partial charge is 0.492 e. The predicted molar refractivity (Wildman–Crippen MR) is 64.4 cm³/mol. The van der Waals surface area contributed by atoms with Gasteiger partial charge in [0, 0.05) is 17.7 Å². The van der Waals surface area contributed by atoms with Gasteiger partial charge in [-0.2, -0.15) is 0 Å². The second-order valence-electron chi connectivity index (χ2n) is 3.69. The molecule has 0 aliphatic carbocycles. The molecule has 0 amide bonds. The third kappa shape index (κ3) is 1.69. The molecule has 0 atom stereocenters. The molecule has 0 fully saturated rings. The first-order chi connectivity index (χ1) is 7.77. The summed E-state index contributed by atoms with van der Waals surface area (Å²) in [5, 5.41) is 13.9. The van der Waals surface area contributed by atoms with Gasteiger partial charge in [-0.3, -0.25) is 4.68 Å². The summed E-state index contributed by atoms with van der Waals surface area (Å²) in [6.45, 7) is 4.82. The number of rotatable bonds is 3. The minimum Gasteiger partial charge on any atom is -0.492 e. The monoisotopic (exact) mass is 216 g/mol. The zero-order valence-corrected chi connectivity index (χ0v) is 9.64. The fourth-order valence-electron chi connectivity index (χ4n) is 1.96. The van der Waals surface area contributed by atoms with Crippen molar-refractivity contribution >= 4 is 0 Å². The minimum atomic E-state index is 0.156. The molecule has 0 spiro atoms. The molecule has 0 saturated carbocycles. The molecular formula is C13H16N2O. The third-order valence-corrected chi connectivity index (χ3v) is 2.73. The van der Waals surface area contributed by atoms with Crippen LogP contribution in [0.2, 0.25) is 0 Å². The molecule has 16 heavy (non-hydrogen) atoms. The van der Waals surface area contributed by atoms with Crippen molar-refractivity contribution in [1.29, 1.82) is 0 Å². The van der Waals surface area contributed by atoms with E-state index in [9.17, 15) is 5.11 Å². The molecule has 0 saturated heterocycles. The number of hydrogen-bond donors (Lipinski definition) is 1. The van der Waals surface area contributed by atoms with E-state index in [0.29, 0.717) is 0 Å². The van der Waals surface area contributed by atoms with E-state index in [1.807, 2.05) is 48.9 Å². The number of hydrogen-bond acceptors (Lipinski definition) is 2. The highest BCUT2D eigenvalue weighted by atomic mass is 16.3. The Labute approximate surface area is 95.3 Å². The van der Waals surface area contributed by atoms with Gasteiger partial charge in [0.05, 0.1) is 5.69 Å². The van der Waals surface area contributed by atoms with Gasteiger partial charge < -0.3 is 5.11 Å². The van der Waals surface area contributed by atoms with Crippen LogP contribution in [0.4, 0.5) is 0 Å². The van der Waals surface area contributed by atoms with Crippen molar-refractivity contribution in [2.45, 2.75) is 26.8 Å². The Morgan fingerprint density at radius 3 is 2.44 bits per heavy atom. The van der Waals surface area contributed by atoms with Crippen molar-refractivity contribution in [3.05, 3.63) is 35.9 Å². The first-order valence-corrected chi connectivity index (χ1v) is 5.62. The summed E-state index contributed by atoms with van der Waals surface area (Å²) >= 11 is 0. The van der Waals surface area contributed by atoms with Crippen LogP contribution in [0.15, 0.2) is 30.3 Å². The molecule has 1 aromatic carbocycles. The van der Waals surface area contributed by atoms with Gasteiger partial charge in [-0.1, -0.05) is 37.3 Å². The van der Waals surface area contributed by atoms with Crippen LogP contribution in [0.3, 0.4) is 0 Å². The Balaban J connectivity index is 2.62. The number of benzene rings is 1. The summed E-state index contributed by atoms with van der Waals surface area (Å²) in [6, 6.07) is 10.1. The maximum absolute atomic E-state index is 9.77. The van der Waals surface area contributed by atoms with Gasteiger partial charge in [-0.25, -0.2) is 0 Å². The van der Waals surface area contributed by atoms with Gasteiger partial charge in [0.25, 0.3) is 0 Å². The molecule has 1 aromatic heterocycles. The first kappa shape index (κ1) is 10.7. The molecule has 84 valence electrons. The highest BCUT2D eigenvalue weighted by Crippen LogP contribution is 2.30. The second kappa shape index (κ2) is 4.39. The van der Waals surface area contributed by atoms with Crippen molar-refractivity contribution < 1.29 is 5.11 Å². The van der Waals surface area contributed by atoms with Crippen molar-refractivity contribution in [3.8, 4) is 17.1 Å². The molecule has 1 N–H and O–H groups in total. The predicted octanol–water partition coefficient (Wildman–Crippen LogP) is 2.84. The van der Waals surface area contributed by atoms with E-state index in [1.165, 1.54) is 0 Å². The molecule has 0 unspecified atom stereocenters.